The molecule has 1 aromatic carbocycles. The summed E-state index contributed by atoms with van der Waals surface area (Å²) >= 11 is 0. The summed E-state index contributed by atoms with van der Waals surface area (Å²) in [4.78, 5) is 10.7. The summed E-state index contributed by atoms with van der Waals surface area (Å²) in [6, 6.07) is 7.73. The third-order valence-corrected chi connectivity index (χ3v) is 1.70. The average molecular weight is 164 g/mol. The van der Waals surface area contributed by atoms with E-state index in [1.807, 2.05) is 24.3 Å². The van der Waals surface area contributed by atoms with Gasteiger partial charge >= 0.3 is 6.16 Å². The molecule has 2 rings (SSSR count). The van der Waals surface area contributed by atoms with Crippen LogP contribution in [0.2, 0.25) is 0 Å². The Labute approximate surface area is 69.9 Å². The number of rotatable bonds is 0. The summed E-state index contributed by atoms with van der Waals surface area (Å²) < 4.78 is 9.52. The van der Waals surface area contributed by atoms with Gasteiger partial charge in [-0.1, -0.05) is 18.2 Å². The zero-order valence-electron chi connectivity index (χ0n) is 6.45. The van der Waals surface area contributed by atoms with Crippen LogP contribution in [0.4, 0.5) is 4.79 Å². The smallest absolute Gasteiger partial charge is 0.429 e. The number of cyclic esters (lactones) is 2. The Hall–Kier alpha value is -1.51. The maximum atomic E-state index is 10.7. The standard InChI is InChI=1S/C9H8O3/c10-9-11-5-7-2-1-3-8(4-7)6-12-9/h1-4H,5-6H2. The molecule has 0 aliphatic carbocycles. The lowest BCUT2D eigenvalue weighted by Crippen LogP contribution is -2.10. The molecule has 1 heterocycles. The van der Waals surface area contributed by atoms with Crippen LogP contribution in [0.3, 0.4) is 0 Å². The number of ether oxygens (including phenoxy) is 2. The van der Waals surface area contributed by atoms with Crippen molar-refractivity contribution in [1.82, 2.24) is 0 Å². The van der Waals surface area contributed by atoms with Gasteiger partial charge in [0.1, 0.15) is 13.2 Å². The SMILES string of the molecule is O=C1OCc2cccc(c2)CO1. The van der Waals surface area contributed by atoms with E-state index >= 15 is 0 Å². The van der Waals surface area contributed by atoms with Crippen LogP contribution in [0.15, 0.2) is 24.3 Å². The molecule has 2 bridgehead atoms. The molecule has 62 valence electrons. The van der Waals surface area contributed by atoms with Crippen LogP contribution in [0.25, 0.3) is 0 Å². The van der Waals surface area contributed by atoms with E-state index in [1.54, 1.807) is 0 Å². The van der Waals surface area contributed by atoms with Gasteiger partial charge in [-0.15, -0.1) is 0 Å². The monoisotopic (exact) mass is 164 g/mol. The van der Waals surface area contributed by atoms with E-state index in [4.69, 9.17) is 9.47 Å². The van der Waals surface area contributed by atoms with Gasteiger partial charge in [0.15, 0.2) is 0 Å². The number of carbonyl (C=O) groups is 1. The van der Waals surface area contributed by atoms with Crippen molar-refractivity contribution in [3.05, 3.63) is 35.4 Å². The van der Waals surface area contributed by atoms with Crippen molar-refractivity contribution in [2.75, 3.05) is 0 Å². The van der Waals surface area contributed by atoms with Crippen molar-refractivity contribution < 1.29 is 14.3 Å². The molecule has 3 nitrogen and oxygen atoms in total. The van der Waals surface area contributed by atoms with E-state index in [0.717, 1.165) is 11.1 Å². The Morgan fingerprint density at radius 3 is 2.25 bits per heavy atom. The minimum Gasteiger partial charge on any atom is -0.429 e. The van der Waals surface area contributed by atoms with Crippen LogP contribution >= 0.6 is 0 Å². The van der Waals surface area contributed by atoms with Gasteiger partial charge in [-0.3, -0.25) is 0 Å². The van der Waals surface area contributed by atoms with Gasteiger partial charge in [-0.05, 0) is 17.2 Å². The molecule has 0 aromatic heterocycles. The van der Waals surface area contributed by atoms with Crippen LogP contribution in [-0.4, -0.2) is 6.16 Å². The summed E-state index contributed by atoms with van der Waals surface area (Å²) in [6.07, 6.45) is -0.596. The van der Waals surface area contributed by atoms with E-state index in [2.05, 4.69) is 0 Å². The Balaban J connectivity index is 2.30. The first-order chi connectivity index (χ1) is 5.84. The number of fused-ring (bicyclic) bond motifs is 2. The van der Waals surface area contributed by atoms with Crippen LogP contribution in [0.5, 0.6) is 0 Å². The zero-order chi connectivity index (χ0) is 8.39. The fraction of sp³-hybridized carbons (Fsp3) is 0.222. The molecule has 0 radical (unpaired) electrons. The van der Waals surface area contributed by atoms with Crippen molar-refractivity contribution in [1.29, 1.82) is 0 Å². The lowest BCUT2D eigenvalue weighted by atomic mass is 10.1. The second-order valence-electron chi connectivity index (χ2n) is 2.65. The molecule has 3 heteroatoms. The Morgan fingerprint density at radius 1 is 1.08 bits per heavy atom. The Bertz CT molecular complexity index is 281. The fourth-order valence-electron chi connectivity index (χ4n) is 1.14. The van der Waals surface area contributed by atoms with Crippen molar-refractivity contribution in [3.8, 4) is 0 Å². The molecule has 0 fully saturated rings. The molecule has 1 aliphatic rings. The van der Waals surface area contributed by atoms with E-state index in [0.29, 0.717) is 13.2 Å². The normalized spacial score (nSPS) is 15.5. The molecule has 0 N–H and O–H groups in total. The minimum atomic E-state index is -0.596. The molecule has 0 unspecified atom stereocenters. The molecule has 12 heavy (non-hydrogen) atoms. The Morgan fingerprint density at radius 2 is 1.67 bits per heavy atom. The predicted octanol–water partition coefficient (Wildman–Crippen LogP) is 1.85. The topological polar surface area (TPSA) is 35.5 Å². The van der Waals surface area contributed by atoms with E-state index in [-0.39, 0.29) is 0 Å². The summed E-state index contributed by atoms with van der Waals surface area (Å²) in [7, 11) is 0. The van der Waals surface area contributed by atoms with Gasteiger partial charge in [-0.2, -0.15) is 0 Å². The highest BCUT2D eigenvalue weighted by molar-refractivity contribution is 5.60. The van der Waals surface area contributed by atoms with Crippen LogP contribution in [-0.2, 0) is 22.7 Å². The highest BCUT2D eigenvalue weighted by Gasteiger charge is 2.08. The highest BCUT2D eigenvalue weighted by Crippen LogP contribution is 2.11. The van der Waals surface area contributed by atoms with Gasteiger partial charge in [0, 0.05) is 0 Å². The quantitative estimate of drug-likeness (QED) is 0.549. The maximum Gasteiger partial charge on any atom is 0.508 e. The predicted molar refractivity (Wildman–Crippen MR) is 41.4 cm³/mol. The molecule has 0 atom stereocenters. The first kappa shape index (κ1) is 7.16. The Kier molecular flexibility index (Phi) is 1.70. The number of hydrogen-bond donors (Lipinski definition) is 0. The van der Waals surface area contributed by atoms with Crippen LogP contribution in [0.1, 0.15) is 11.1 Å². The second kappa shape index (κ2) is 2.85. The largest absolute Gasteiger partial charge is 0.508 e. The van der Waals surface area contributed by atoms with Gasteiger partial charge in [0.25, 0.3) is 0 Å². The lowest BCUT2D eigenvalue weighted by molar-refractivity contribution is 0.0421. The molecular weight excluding hydrogens is 156 g/mol. The maximum absolute atomic E-state index is 10.7. The first-order valence-corrected chi connectivity index (χ1v) is 3.72. The van der Waals surface area contributed by atoms with Crippen molar-refractivity contribution >= 4 is 6.16 Å². The van der Waals surface area contributed by atoms with Gasteiger partial charge < -0.3 is 9.47 Å². The van der Waals surface area contributed by atoms with Crippen LogP contribution < -0.4 is 0 Å². The first-order valence-electron chi connectivity index (χ1n) is 3.72. The third kappa shape index (κ3) is 1.39. The highest BCUT2D eigenvalue weighted by atomic mass is 16.7. The molecule has 1 aromatic rings. The molecule has 0 spiro atoms. The van der Waals surface area contributed by atoms with E-state index in [9.17, 15) is 4.79 Å². The van der Waals surface area contributed by atoms with E-state index < -0.39 is 6.16 Å². The van der Waals surface area contributed by atoms with Gasteiger partial charge in [-0.25, -0.2) is 4.79 Å². The number of benzene rings is 1. The second-order valence-corrected chi connectivity index (χ2v) is 2.65. The molecular formula is C9H8O3. The molecule has 0 saturated heterocycles. The minimum absolute atomic E-state index is 0.298. The summed E-state index contributed by atoms with van der Waals surface area (Å²) in [6.45, 7) is 0.597. The molecule has 1 aliphatic heterocycles. The molecule has 0 amide bonds. The molecule has 0 saturated carbocycles. The van der Waals surface area contributed by atoms with Gasteiger partial charge in [0.2, 0.25) is 0 Å². The summed E-state index contributed by atoms with van der Waals surface area (Å²) in [5.41, 5.74) is 2.01. The average Bonchev–Trinajstić information content (AvgIpc) is 2.11. The number of hydrogen-bond acceptors (Lipinski definition) is 3. The van der Waals surface area contributed by atoms with Crippen molar-refractivity contribution in [2.24, 2.45) is 0 Å². The lowest BCUT2D eigenvalue weighted by Gasteiger charge is -2.11. The van der Waals surface area contributed by atoms with Crippen molar-refractivity contribution in [3.63, 3.8) is 0 Å². The summed E-state index contributed by atoms with van der Waals surface area (Å²) in [5, 5.41) is 0. The van der Waals surface area contributed by atoms with Crippen LogP contribution in [0, 0.1) is 0 Å². The third-order valence-electron chi connectivity index (χ3n) is 1.70. The zero-order valence-corrected chi connectivity index (χ0v) is 6.45. The van der Waals surface area contributed by atoms with Gasteiger partial charge in [0.05, 0.1) is 0 Å². The summed E-state index contributed by atoms with van der Waals surface area (Å²) in [5.74, 6) is 0. The fourth-order valence-corrected chi connectivity index (χ4v) is 1.14. The number of carbonyl (C=O) groups excluding carboxylic acids is 1. The van der Waals surface area contributed by atoms with Crippen molar-refractivity contribution in [2.45, 2.75) is 13.2 Å². The van der Waals surface area contributed by atoms with E-state index in [1.165, 1.54) is 0 Å².